The summed E-state index contributed by atoms with van der Waals surface area (Å²) in [5.41, 5.74) is -0.491. The van der Waals surface area contributed by atoms with Crippen LogP contribution in [0.25, 0.3) is 0 Å². The summed E-state index contributed by atoms with van der Waals surface area (Å²) < 4.78 is 60.7. The fourth-order valence-electron chi connectivity index (χ4n) is 4.99. The molecule has 1 aromatic heterocycles. The number of fused-ring (bicyclic) bond motifs is 1. The monoisotopic (exact) mass is 546 g/mol. The van der Waals surface area contributed by atoms with Crippen LogP contribution >= 0.6 is 0 Å². The Morgan fingerprint density at radius 3 is 2.63 bits per heavy atom. The number of likely N-dealkylation sites (tertiary alicyclic amines) is 1. The zero-order chi connectivity index (χ0) is 27.8. The summed E-state index contributed by atoms with van der Waals surface area (Å²) in [7, 11) is 0. The maximum atomic E-state index is 14.0. The van der Waals surface area contributed by atoms with Crippen LogP contribution in [0.2, 0.25) is 0 Å². The van der Waals surface area contributed by atoms with Crippen molar-refractivity contribution >= 4 is 17.7 Å². The van der Waals surface area contributed by atoms with Gasteiger partial charge in [0, 0.05) is 38.4 Å². The molecule has 2 aliphatic rings. The molecule has 0 aliphatic carbocycles. The molecule has 2 atom stereocenters. The first-order chi connectivity index (χ1) is 18.0. The van der Waals surface area contributed by atoms with Gasteiger partial charge in [0.2, 0.25) is 5.91 Å². The van der Waals surface area contributed by atoms with Crippen molar-refractivity contribution in [2.45, 2.75) is 76.7 Å². The predicted octanol–water partition coefficient (Wildman–Crippen LogP) is 3.74. The molecule has 0 spiro atoms. The number of rotatable bonds is 13. The highest BCUT2D eigenvalue weighted by Gasteiger charge is 2.61. The maximum Gasteiger partial charge on any atom is 0.403 e. The minimum atomic E-state index is -4.85. The molecule has 1 aromatic rings. The molecule has 3 rings (SSSR count). The van der Waals surface area contributed by atoms with Gasteiger partial charge in [0.15, 0.2) is 0 Å². The molecule has 1 fully saturated rings. The summed E-state index contributed by atoms with van der Waals surface area (Å²) >= 11 is 0. The lowest BCUT2D eigenvalue weighted by Crippen LogP contribution is -2.59. The number of nitrogens with zero attached hydrogens (tertiary/aromatic N) is 2. The van der Waals surface area contributed by atoms with Crippen LogP contribution in [0.3, 0.4) is 0 Å². The van der Waals surface area contributed by atoms with E-state index in [2.05, 4.69) is 21.7 Å². The summed E-state index contributed by atoms with van der Waals surface area (Å²) in [5, 5.41) is 14.9. The molecular formula is C26H38F4N4O4. The van der Waals surface area contributed by atoms with Crippen molar-refractivity contribution in [2.75, 3.05) is 44.7 Å². The molecule has 0 saturated carbocycles. The molecule has 38 heavy (non-hydrogen) atoms. The van der Waals surface area contributed by atoms with E-state index in [0.717, 1.165) is 43.7 Å². The Kier molecular flexibility index (Phi) is 10.7. The van der Waals surface area contributed by atoms with Gasteiger partial charge < -0.3 is 25.4 Å². The number of alkyl halides is 4. The molecule has 0 aromatic carbocycles. The fraction of sp³-hybridized carbons (Fsp3) is 0.731. The minimum Gasteiger partial charge on any atom is -0.480 e. The smallest absolute Gasteiger partial charge is 0.403 e. The van der Waals surface area contributed by atoms with Crippen LogP contribution in [0.5, 0.6) is 0 Å². The van der Waals surface area contributed by atoms with Gasteiger partial charge in [-0.25, -0.2) is 14.2 Å². The zero-order valence-electron chi connectivity index (χ0n) is 21.8. The first kappa shape index (κ1) is 30.1. The van der Waals surface area contributed by atoms with Crippen LogP contribution in [-0.2, 0) is 27.2 Å². The first-order valence-electron chi connectivity index (χ1n) is 13.3. The summed E-state index contributed by atoms with van der Waals surface area (Å²) in [6, 6.07) is 2.61. The van der Waals surface area contributed by atoms with Crippen LogP contribution in [0, 0.1) is 5.41 Å². The van der Waals surface area contributed by atoms with Gasteiger partial charge in [-0.15, -0.1) is 0 Å². The number of piperidine rings is 1. The van der Waals surface area contributed by atoms with Gasteiger partial charge >= 0.3 is 12.1 Å². The second kappa shape index (κ2) is 13.5. The number of aryl methyl sites for hydroxylation is 2. The molecule has 1 saturated heterocycles. The van der Waals surface area contributed by atoms with Crippen molar-refractivity contribution < 1.29 is 37.0 Å². The second-order valence-corrected chi connectivity index (χ2v) is 10.2. The minimum absolute atomic E-state index is 0.00825. The molecule has 214 valence electrons. The Morgan fingerprint density at radius 1 is 1.24 bits per heavy atom. The molecule has 1 amide bonds. The third-order valence-electron chi connectivity index (χ3n) is 7.27. The lowest BCUT2D eigenvalue weighted by molar-refractivity contribution is -0.233. The van der Waals surface area contributed by atoms with E-state index in [1.807, 2.05) is 6.07 Å². The van der Waals surface area contributed by atoms with E-state index < -0.39 is 48.5 Å². The number of carbonyl (C=O) groups is 2. The highest BCUT2D eigenvalue weighted by Crippen LogP contribution is 2.46. The molecule has 12 heteroatoms. The predicted molar refractivity (Wildman–Crippen MR) is 134 cm³/mol. The molecule has 2 unspecified atom stereocenters. The van der Waals surface area contributed by atoms with E-state index in [1.54, 1.807) is 4.90 Å². The molecular weight excluding hydrogens is 508 g/mol. The average Bonchev–Trinajstić information content (AvgIpc) is 2.86. The molecule has 3 N–H and O–H groups in total. The van der Waals surface area contributed by atoms with E-state index in [4.69, 9.17) is 4.74 Å². The fourth-order valence-corrected chi connectivity index (χ4v) is 4.99. The summed E-state index contributed by atoms with van der Waals surface area (Å²) in [5.74, 6) is -1.83. The Hall–Kier alpha value is -2.47. The number of halogens is 4. The number of aromatic nitrogens is 1. The quantitative estimate of drug-likeness (QED) is 0.256. The van der Waals surface area contributed by atoms with Gasteiger partial charge in [-0.05, 0) is 76.6 Å². The van der Waals surface area contributed by atoms with Gasteiger partial charge in [0.25, 0.3) is 0 Å². The molecule has 2 aliphatic heterocycles. The Morgan fingerprint density at radius 2 is 1.97 bits per heavy atom. The van der Waals surface area contributed by atoms with E-state index in [9.17, 15) is 32.3 Å². The van der Waals surface area contributed by atoms with E-state index >= 15 is 0 Å². The van der Waals surface area contributed by atoms with Crippen molar-refractivity contribution in [1.29, 1.82) is 0 Å². The van der Waals surface area contributed by atoms with Crippen LogP contribution in [0.4, 0.5) is 23.4 Å². The number of anilines is 1. The number of unbranched alkanes of at least 4 members (excludes halogenated alkanes) is 1. The Balaban J connectivity index is 1.41. The highest BCUT2D eigenvalue weighted by molar-refractivity contribution is 5.88. The van der Waals surface area contributed by atoms with Crippen molar-refractivity contribution in [2.24, 2.45) is 5.41 Å². The summed E-state index contributed by atoms with van der Waals surface area (Å²) in [6.07, 6.45) is -2.88. The third kappa shape index (κ3) is 8.02. The number of amides is 1. The number of carboxylic acids is 1. The van der Waals surface area contributed by atoms with Gasteiger partial charge in [0.05, 0.1) is 0 Å². The van der Waals surface area contributed by atoms with Gasteiger partial charge in [-0.3, -0.25) is 4.79 Å². The number of carboxylic acid groups (broad SMARTS) is 1. The van der Waals surface area contributed by atoms with E-state index in [1.165, 1.54) is 12.5 Å². The van der Waals surface area contributed by atoms with Crippen molar-refractivity contribution in [1.82, 2.24) is 15.2 Å². The Labute approximate surface area is 220 Å². The van der Waals surface area contributed by atoms with Crippen molar-refractivity contribution in [3.8, 4) is 0 Å². The van der Waals surface area contributed by atoms with E-state index in [0.29, 0.717) is 13.0 Å². The summed E-state index contributed by atoms with van der Waals surface area (Å²) in [4.78, 5) is 30.6. The van der Waals surface area contributed by atoms with E-state index in [-0.39, 0.29) is 32.7 Å². The van der Waals surface area contributed by atoms with Crippen LogP contribution in [-0.4, -0.2) is 84.6 Å². The number of hydrogen-bond acceptors (Lipinski definition) is 6. The normalized spacial score (nSPS) is 19.2. The third-order valence-corrected chi connectivity index (χ3v) is 7.27. The lowest BCUT2D eigenvalue weighted by atomic mass is 9.76. The van der Waals surface area contributed by atoms with Crippen LogP contribution in [0.1, 0.15) is 56.7 Å². The number of ether oxygens (including phenoxy) is 1. The maximum absolute atomic E-state index is 14.0. The highest BCUT2D eigenvalue weighted by atomic mass is 19.4. The van der Waals surface area contributed by atoms with Crippen LogP contribution in [0.15, 0.2) is 12.1 Å². The number of nitrogens with one attached hydrogen (secondary N) is 2. The number of pyridine rings is 1. The lowest BCUT2D eigenvalue weighted by Gasteiger charge is -2.42. The molecule has 0 radical (unpaired) electrons. The number of aliphatic carboxylic acids is 1. The molecule has 0 bridgehead atoms. The average molecular weight is 547 g/mol. The first-order valence-corrected chi connectivity index (χ1v) is 13.3. The molecule has 8 nitrogen and oxygen atoms in total. The van der Waals surface area contributed by atoms with Crippen LogP contribution < -0.4 is 10.6 Å². The SMILES string of the molecule is CC(F)CN1CCC(C(=O)NC(CCOCCCCc2ccc3c(n2)NCCC3)C(=O)O)(C(F)(F)F)CC1. The Bertz CT molecular complexity index is 936. The van der Waals surface area contributed by atoms with Crippen molar-refractivity contribution in [3.05, 3.63) is 23.4 Å². The van der Waals surface area contributed by atoms with Gasteiger partial charge in [-0.1, -0.05) is 6.07 Å². The number of carbonyl (C=O) groups excluding carboxylic acids is 1. The molecule has 3 heterocycles. The topological polar surface area (TPSA) is 104 Å². The van der Waals surface area contributed by atoms with Gasteiger partial charge in [0.1, 0.15) is 23.4 Å². The summed E-state index contributed by atoms with van der Waals surface area (Å²) in [6.45, 7) is 2.38. The largest absolute Gasteiger partial charge is 0.480 e. The van der Waals surface area contributed by atoms with Gasteiger partial charge in [-0.2, -0.15) is 13.2 Å². The van der Waals surface area contributed by atoms with Crippen molar-refractivity contribution in [3.63, 3.8) is 0 Å². The number of hydrogen-bond donors (Lipinski definition) is 3. The standard InChI is InChI=1S/C26H38F4N4O4/c1-18(27)17-34-13-10-25(11-14-34,26(28,29)30)24(37)33-21(23(35)36)9-16-38-15-3-2-6-20-8-7-19-5-4-12-31-22(19)32-20/h7-8,18,21H,2-6,9-17H2,1H3,(H,31,32)(H,33,37)(H,35,36). The second-order valence-electron chi connectivity index (χ2n) is 10.2. The zero-order valence-corrected chi connectivity index (χ0v) is 21.8.